The van der Waals surface area contributed by atoms with E-state index < -0.39 is 0 Å². The predicted octanol–water partition coefficient (Wildman–Crippen LogP) is 2.92. The molecular formula is C18H15N5OS. The molecule has 4 rings (SSSR count). The molecule has 0 unspecified atom stereocenters. The highest BCUT2D eigenvalue weighted by Gasteiger charge is 2.30. The number of carbonyl (C=O) groups excluding carboxylic acids is 1. The lowest BCUT2D eigenvalue weighted by Gasteiger charge is -2.10. The van der Waals surface area contributed by atoms with Crippen molar-refractivity contribution in [1.82, 2.24) is 4.57 Å². The number of hydrogen-bond acceptors (Lipinski definition) is 5. The van der Waals surface area contributed by atoms with Crippen LogP contribution in [0, 0.1) is 0 Å². The number of nitrogens with zero attached hydrogens (tertiary/aromatic N) is 5. The van der Waals surface area contributed by atoms with Crippen LogP contribution in [0.1, 0.15) is 6.92 Å². The fourth-order valence-electron chi connectivity index (χ4n) is 2.63. The Morgan fingerprint density at radius 1 is 1.00 bits per heavy atom. The Hall–Kier alpha value is -3.06. The Bertz CT molecular complexity index is 1090. The van der Waals surface area contributed by atoms with Crippen LogP contribution >= 0.6 is 11.3 Å². The van der Waals surface area contributed by atoms with Crippen LogP contribution in [-0.4, -0.2) is 21.9 Å². The van der Waals surface area contributed by atoms with Gasteiger partial charge in [-0.25, -0.2) is 0 Å². The first-order valence-corrected chi connectivity index (χ1v) is 8.58. The Balaban J connectivity index is 1.73. The maximum Gasteiger partial charge on any atom is 0.301 e. The molecule has 0 saturated heterocycles. The van der Waals surface area contributed by atoms with Gasteiger partial charge in [0, 0.05) is 7.05 Å². The molecule has 1 amide bonds. The monoisotopic (exact) mass is 349 g/mol. The molecule has 0 radical (unpaired) electrons. The van der Waals surface area contributed by atoms with Crippen molar-refractivity contribution < 1.29 is 4.79 Å². The number of anilines is 1. The standard InChI is InChI=1S/C18H15N5OS/c1-12-16(17(24)23(21-12)13-8-4-3-5-9-13)19-20-18-22(2)14-10-6-7-11-15(14)25-18/h3-11H,1-2H3/b19-16-,20-18-. The van der Waals surface area contributed by atoms with Crippen LogP contribution in [0.25, 0.3) is 10.2 Å². The van der Waals surface area contributed by atoms with Crippen LogP contribution < -0.4 is 9.81 Å². The Morgan fingerprint density at radius 2 is 1.72 bits per heavy atom. The van der Waals surface area contributed by atoms with E-state index in [1.807, 2.05) is 66.2 Å². The molecule has 1 aliphatic rings. The number of rotatable bonds is 2. The summed E-state index contributed by atoms with van der Waals surface area (Å²) in [4.78, 5) is 13.3. The third kappa shape index (κ3) is 2.68. The second-order valence-corrected chi connectivity index (χ2v) is 6.61. The third-order valence-corrected chi connectivity index (χ3v) is 5.04. The number of aryl methyl sites for hydroxylation is 1. The van der Waals surface area contributed by atoms with Crippen molar-refractivity contribution in [3.63, 3.8) is 0 Å². The number of amides is 1. The summed E-state index contributed by atoms with van der Waals surface area (Å²) in [5.41, 5.74) is 2.62. The van der Waals surface area contributed by atoms with Gasteiger partial charge in [0.15, 0.2) is 5.71 Å². The highest BCUT2D eigenvalue weighted by atomic mass is 32.1. The molecule has 7 heteroatoms. The smallest absolute Gasteiger partial charge is 0.301 e. The summed E-state index contributed by atoms with van der Waals surface area (Å²) in [6.07, 6.45) is 0. The lowest BCUT2D eigenvalue weighted by molar-refractivity contribution is -0.112. The van der Waals surface area contributed by atoms with Crippen molar-refractivity contribution in [1.29, 1.82) is 0 Å². The number of hydrazone groups is 1. The van der Waals surface area contributed by atoms with Crippen LogP contribution in [0.2, 0.25) is 0 Å². The van der Waals surface area contributed by atoms with Gasteiger partial charge in [-0.05, 0) is 31.2 Å². The first-order valence-electron chi connectivity index (χ1n) is 7.76. The molecule has 6 nitrogen and oxygen atoms in total. The Labute approximate surface area is 148 Å². The molecule has 1 aliphatic heterocycles. The predicted molar refractivity (Wildman–Crippen MR) is 101 cm³/mol. The van der Waals surface area contributed by atoms with Crippen LogP contribution in [0.4, 0.5) is 5.69 Å². The number of aromatic nitrogens is 1. The molecule has 0 spiro atoms. The van der Waals surface area contributed by atoms with Crippen molar-refractivity contribution in [3.8, 4) is 0 Å². The second kappa shape index (κ2) is 6.10. The van der Waals surface area contributed by atoms with Crippen molar-refractivity contribution in [2.45, 2.75) is 6.92 Å². The molecule has 0 saturated carbocycles. The van der Waals surface area contributed by atoms with Gasteiger partial charge >= 0.3 is 5.91 Å². The van der Waals surface area contributed by atoms with Gasteiger partial charge in [0.2, 0.25) is 4.80 Å². The zero-order valence-electron chi connectivity index (χ0n) is 13.7. The summed E-state index contributed by atoms with van der Waals surface area (Å²) in [6, 6.07) is 17.3. The van der Waals surface area contributed by atoms with E-state index in [0.29, 0.717) is 11.4 Å². The quantitative estimate of drug-likeness (QED) is 0.656. The molecule has 0 N–H and O–H groups in total. The van der Waals surface area contributed by atoms with E-state index in [1.54, 1.807) is 6.92 Å². The Morgan fingerprint density at radius 3 is 2.48 bits per heavy atom. The van der Waals surface area contributed by atoms with Gasteiger partial charge in [-0.3, -0.25) is 4.79 Å². The van der Waals surface area contributed by atoms with Crippen LogP contribution in [0.5, 0.6) is 0 Å². The average Bonchev–Trinajstić information content (AvgIpc) is 3.11. The third-order valence-electron chi connectivity index (χ3n) is 3.94. The highest BCUT2D eigenvalue weighted by Crippen LogP contribution is 2.19. The molecule has 0 fully saturated rings. The van der Waals surface area contributed by atoms with E-state index in [2.05, 4.69) is 15.3 Å². The van der Waals surface area contributed by atoms with Crippen molar-refractivity contribution in [3.05, 3.63) is 59.4 Å². The fraction of sp³-hybridized carbons (Fsp3) is 0.111. The topological polar surface area (TPSA) is 62.3 Å². The summed E-state index contributed by atoms with van der Waals surface area (Å²) in [6.45, 7) is 1.76. The largest absolute Gasteiger partial charge is 0.318 e. The number of fused-ring (bicyclic) bond motifs is 1. The van der Waals surface area contributed by atoms with E-state index >= 15 is 0 Å². The average molecular weight is 349 g/mol. The lowest BCUT2D eigenvalue weighted by Crippen LogP contribution is -2.27. The van der Waals surface area contributed by atoms with Crippen LogP contribution in [0.15, 0.2) is 69.9 Å². The molecular weight excluding hydrogens is 334 g/mol. The number of para-hydroxylation sites is 2. The molecule has 25 heavy (non-hydrogen) atoms. The summed E-state index contributed by atoms with van der Waals surface area (Å²) in [5, 5.41) is 14.2. The van der Waals surface area contributed by atoms with Crippen molar-refractivity contribution in [2.24, 2.45) is 22.4 Å². The van der Waals surface area contributed by atoms with Crippen molar-refractivity contribution >= 4 is 44.6 Å². The molecule has 124 valence electrons. The minimum atomic E-state index is -0.267. The van der Waals surface area contributed by atoms with E-state index in [9.17, 15) is 4.79 Å². The van der Waals surface area contributed by atoms with Gasteiger partial charge in [-0.1, -0.05) is 41.7 Å². The summed E-state index contributed by atoms with van der Waals surface area (Å²) >= 11 is 1.53. The summed E-state index contributed by atoms with van der Waals surface area (Å²) in [7, 11) is 1.94. The van der Waals surface area contributed by atoms with Crippen LogP contribution in [-0.2, 0) is 11.8 Å². The normalized spacial score (nSPS) is 17.0. The van der Waals surface area contributed by atoms with E-state index in [-0.39, 0.29) is 11.6 Å². The minimum absolute atomic E-state index is 0.265. The van der Waals surface area contributed by atoms with E-state index in [4.69, 9.17) is 0 Å². The maximum absolute atomic E-state index is 12.6. The molecule has 1 aromatic heterocycles. The zero-order valence-corrected chi connectivity index (χ0v) is 14.6. The second-order valence-electron chi connectivity index (χ2n) is 5.60. The van der Waals surface area contributed by atoms with E-state index in [1.165, 1.54) is 16.3 Å². The lowest BCUT2D eigenvalue weighted by atomic mass is 10.2. The molecule has 2 heterocycles. The number of carbonyl (C=O) groups is 1. The van der Waals surface area contributed by atoms with Gasteiger partial charge in [0.05, 0.1) is 21.6 Å². The molecule has 2 aromatic carbocycles. The molecule has 0 atom stereocenters. The van der Waals surface area contributed by atoms with Crippen LogP contribution in [0.3, 0.4) is 0 Å². The molecule has 3 aromatic rings. The first-order chi connectivity index (χ1) is 12.1. The van der Waals surface area contributed by atoms with Gasteiger partial charge < -0.3 is 4.57 Å². The maximum atomic E-state index is 12.6. The SMILES string of the molecule is CC1=NN(c2ccccc2)C(=O)/C1=N\N=c1/sc2ccccc2n1C. The minimum Gasteiger partial charge on any atom is -0.318 e. The highest BCUT2D eigenvalue weighted by molar-refractivity contribution is 7.16. The first kappa shape index (κ1) is 15.5. The van der Waals surface area contributed by atoms with Crippen molar-refractivity contribution in [2.75, 3.05) is 5.01 Å². The van der Waals surface area contributed by atoms with Gasteiger partial charge in [0.25, 0.3) is 0 Å². The van der Waals surface area contributed by atoms with Gasteiger partial charge in [-0.2, -0.15) is 10.1 Å². The summed E-state index contributed by atoms with van der Waals surface area (Å²) < 4.78 is 3.09. The van der Waals surface area contributed by atoms with E-state index in [0.717, 1.165) is 15.0 Å². The van der Waals surface area contributed by atoms with Gasteiger partial charge in [0.1, 0.15) is 0 Å². The molecule has 0 aliphatic carbocycles. The Kier molecular flexibility index (Phi) is 3.77. The molecule has 0 bridgehead atoms. The number of benzene rings is 2. The summed E-state index contributed by atoms with van der Waals surface area (Å²) in [5.74, 6) is -0.267. The number of hydrogen-bond donors (Lipinski definition) is 0. The fourth-order valence-corrected chi connectivity index (χ4v) is 3.60. The van der Waals surface area contributed by atoms with Gasteiger partial charge in [-0.15, -0.1) is 10.2 Å². The zero-order chi connectivity index (χ0) is 17.4. The number of thiazole rings is 1.